The average molecular weight is 631 g/mol. The fraction of sp³-hybridized carbons (Fsp3) is 0.200. The number of hydrogen-bond donors (Lipinski definition) is 0. The number of aromatic nitrogens is 3. The summed E-state index contributed by atoms with van der Waals surface area (Å²) in [6, 6.07) is 11.5. The highest BCUT2D eigenvalue weighted by Gasteiger charge is 2.23. The molecule has 10 nitrogen and oxygen atoms in total. The molecule has 12 heteroatoms. The lowest BCUT2D eigenvalue weighted by atomic mass is 9.95. The van der Waals surface area contributed by atoms with E-state index in [9.17, 15) is 14.9 Å². The molecule has 0 atom stereocenters. The van der Waals surface area contributed by atoms with E-state index in [2.05, 4.69) is 41.9 Å². The first kappa shape index (κ1) is 26.4. The Hall–Kier alpha value is -3.64. The molecule has 0 amide bonds. The van der Waals surface area contributed by atoms with Crippen LogP contribution in [0.2, 0.25) is 0 Å². The number of fused-ring (bicyclic) bond motifs is 1. The number of pyridine rings is 1. The first-order valence-electron chi connectivity index (χ1n) is 10.9. The first-order chi connectivity index (χ1) is 17.5. The van der Waals surface area contributed by atoms with Crippen LogP contribution in [0.1, 0.15) is 32.2 Å². The minimum absolute atomic E-state index is 0.148. The summed E-state index contributed by atoms with van der Waals surface area (Å²) < 4.78 is 13.9. The van der Waals surface area contributed by atoms with E-state index in [1.807, 2.05) is 26.8 Å². The number of nitro groups is 1. The van der Waals surface area contributed by atoms with Gasteiger partial charge in [-0.15, -0.1) is 0 Å². The van der Waals surface area contributed by atoms with Crippen molar-refractivity contribution in [2.24, 2.45) is 5.10 Å². The van der Waals surface area contributed by atoms with Crippen LogP contribution in [0, 0.1) is 10.1 Å². The predicted molar refractivity (Wildman–Crippen MR) is 147 cm³/mol. The van der Waals surface area contributed by atoms with Crippen molar-refractivity contribution < 1.29 is 14.4 Å². The van der Waals surface area contributed by atoms with Gasteiger partial charge in [0.15, 0.2) is 11.5 Å². The van der Waals surface area contributed by atoms with Gasteiger partial charge >= 0.3 is 0 Å². The van der Waals surface area contributed by atoms with Gasteiger partial charge in [-0.2, -0.15) is 9.78 Å². The van der Waals surface area contributed by atoms with E-state index in [0.29, 0.717) is 38.3 Å². The van der Waals surface area contributed by atoms with Gasteiger partial charge in [0.25, 0.3) is 11.2 Å². The molecule has 0 radical (unpaired) electrons. The number of methoxy groups -OCH3 is 1. The molecule has 0 N–H and O–H groups in total. The molecule has 2 aromatic carbocycles. The third-order valence-electron chi connectivity index (χ3n) is 5.19. The highest BCUT2D eigenvalue weighted by molar-refractivity contribution is 9.10. The summed E-state index contributed by atoms with van der Waals surface area (Å²) in [5, 5.41) is 15.8. The van der Waals surface area contributed by atoms with Crippen molar-refractivity contribution in [3.8, 4) is 17.4 Å². The normalized spacial score (nSPS) is 11.7. The summed E-state index contributed by atoms with van der Waals surface area (Å²) in [4.78, 5) is 32.4. The molecular formula is C25H21Br2N5O5. The largest absolute Gasteiger partial charge is 0.493 e. The second kappa shape index (κ2) is 10.4. The van der Waals surface area contributed by atoms with Crippen LogP contribution in [-0.2, 0) is 5.41 Å². The lowest BCUT2D eigenvalue weighted by molar-refractivity contribution is -0.385. The third-order valence-corrected chi connectivity index (χ3v) is 6.27. The van der Waals surface area contributed by atoms with E-state index >= 15 is 0 Å². The maximum absolute atomic E-state index is 13.4. The van der Waals surface area contributed by atoms with Gasteiger partial charge in [0, 0.05) is 22.0 Å². The van der Waals surface area contributed by atoms with Gasteiger partial charge < -0.3 is 9.47 Å². The summed E-state index contributed by atoms with van der Waals surface area (Å²) in [7, 11) is 1.48. The fourth-order valence-corrected chi connectivity index (χ4v) is 4.33. The second-order valence-corrected chi connectivity index (χ2v) is 10.7. The standard InChI is InChI=1S/C25H21Br2N5O5/c1-25(2,3)24-30-19-7-5-15(26)11-17(19)23(33)31(24)29-12-14-9-18(27)22(20(10-14)36-4)37-21-8-6-16(13-28-21)32(34)35/h5-13H,1-4H3. The van der Waals surface area contributed by atoms with Crippen LogP contribution in [0.5, 0.6) is 17.4 Å². The molecule has 0 bridgehead atoms. The van der Waals surface area contributed by atoms with E-state index in [-0.39, 0.29) is 17.1 Å². The molecule has 0 unspecified atom stereocenters. The van der Waals surface area contributed by atoms with Gasteiger partial charge in [-0.25, -0.2) is 9.97 Å². The van der Waals surface area contributed by atoms with E-state index in [0.717, 1.165) is 10.7 Å². The van der Waals surface area contributed by atoms with Gasteiger partial charge in [0.05, 0.1) is 33.6 Å². The Morgan fingerprint density at radius 2 is 1.89 bits per heavy atom. The molecule has 37 heavy (non-hydrogen) atoms. The number of ether oxygens (including phenoxy) is 2. The number of hydrogen-bond acceptors (Lipinski definition) is 8. The maximum Gasteiger partial charge on any atom is 0.287 e. The summed E-state index contributed by atoms with van der Waals surface area (Å²) in [5.74, 6) is 1.35. The lowest BCUT2D eigenvalue weighted by Gasteiger charge is -2.21. The van der Waals surface area contributed by atoms with Gasteiger partial charge in [0.1, 0.15) is 12.0 Å². The molecule has 0 saturated carbocycles. The number of benzene rings is 2. The van der Waals surface area contributed by atoms with Crippen molar-refractivity contribution in [2.45, 2.75) is 26.2 Å². The number of nitrogens with zero attached hydrogens (tertiary/aromatic N) is 5. The quantitative estimate of drug-likeness (QED) is 0.141. The minimum atomic E-state index is -0.540. The zero-order valence-electron chi connectivity index (χ0n) is 20.2. The SMILES string of the molecule is COc1cc(C=Nn2c(C(C)(C)C)nc3ccc(Br)cc3c2=O)cc(Br)c1Oc1ccc([N+](=O)[O-])cn1. The van der Waals surface area contributed by atoms with Crippen LogP contribution in [0.25, 0.3) is 10.9 Å². The van der Waals surface area contributed by atoms with Gasteiger partial charge in [-0.1, -0.05) is 36.7 Å². The lowest BCUT2D eigenvalue weighted by Crippen LogP contribution is -2.29. The van der Waals surface area contributed by atoms with Crippen LogP contribution < -0.4 is 15.0 Å². The zero-order valence-corrected chi connectivity index (χ0v) is 23.4. The summed E-state index contributed by atoms with van der Waals surface area (Å²) >= 11 is 6.88. The molecule has 0 spiro atoms. The Morgan fingerprint density at radius 3 is 2.51 bits per heavy atom. The van der Waals surface area contributed by atoms with Gasteiger partial charge in [-0.05, 0) is 51.8 Å². The third kappa shape index (κ3) is 5.70. The maximum atomic E-state index is 13.4. The molecule has 0 aliphatic heterocycles. The average Bonchev–Trinajstić information content (AvgIpc) is 2.84. The Labute approximate surface area is 228 Å². The van der Waals surface area contributed by atoms with Crippen LogP contribution in [0.3, 0.4) is 0 Å². The monoisotopic (exact) mass is 629 g/mol. The molecule has 2 aromatic heterocycles. The van der Waals surface area contributed by atoms with Crippen LogP contribution in [-0.4, -0.2) is 32.9 Å². The van der Waals surface area contributed by atoms with Crippen molar-refractivity contribution in [2.75, 3.05) is 7.11 Å². The number of rotatable bonds is 6. The summed E-state index contributed by atoms with van der Waals surface area (Å²) in [5.41, 5.74) is 0.322. The minimum Gasteiger partial charge on any atom is -0.493 e. The molecule has 0 saturated heterocycles. The Kier molecular flexibility index (Phi) is 7.42. The Morgan fingerprint density at radius 1 is 1.14 bits per heavy atom. The fourth-order valence-electron chi connectivity index (χ4n) is 3.42. The van der Waals surface area contributed by atoms with Crippen molar-refractivity contribution in [1.29, 1.82) is 0 Å². The summed E-state index contributed by atoms with van der Waals surface area (Å²) in [6.07, 6.45) is 2.64. The molecule has 2 heterocycles. The highest BCUT2D eigenvalue weighted by Crippen LogP contribution is 2.39. The van der Waals surface area contributed by atoms with E-state index in [1.54, 1.807) is 24.3 Å². The smallest absolute Gasteiger partial charge is 0.287 e. The molecule has 4 aromatic rings. The molecule has 0 aliphatic rings. The number of halogens is 2. The Balaban J connectivity index is 1.74. The van der Waals surface area contributed by atoms with Crippen molar-refractivity contribution in [1.82, 2.24) is 14.6 Å². The van der Waals surface area contributed by atoms with Crippen molar-refractivity contribution >= 4 is 54.7 Å². The zero-order chi connectivity index (χ0) is 26.9. The van der Waals surface area contributed by atoms with Crippen LogP contribution in [0.4, 0.5) is 5.69 Å². The van der Waals surface area contributed by atoms with Crippen molar-refractivity contribution in [3.63, 3.8) is 0 Å². The molecule has 0 aliphatic carbocycles. The molecule has 0 fully saturated rings. The second-order valence-electron chi connectivity index (χ2n) is 8.96. The summed E-state index contributed by atoms with van der Waals surface area (Å²) in [6.45, 7) is 5.89. The van der Waals surface area contributed by atoms with Crippen LogP contribution in [0.15, 0.2) is 67.5 Å². The van der Waals surface area contributed by atoms with Crippen molar-refractivity contribution in [3.05, 3.63) is 89.5 Å². The molecule has 4 rings (SSSR count). The van der Waals surface area contributed by atoms with Crippen LogP contribution >= 0.6 is 31.9 Å². The van der Waals surface area contributed by atoms with Gasteiger partial charge in [-0.3, -0.25) is 14.9 Å². The highest BCUT2D eigenvalue weighted by atomic mass is 79.9. The topological polar surface area (TPSA) is 122 Å². The van der Waals surface area contributed by atoms with E-state index < -0.39 is 10.3 Å². The molecular weight excluding hydrogens is 610 g/mol. The Bertz CT molecular complexity index is 1590. The molecule has 190 valence electrons. The van der Waals surface area contributed by atoms with Gasteiger partial charge in [0.2, 0.25) is 5.88 Å². The van der Waals surface area contributed by atoms with E-state index in [1.165, 1.54) is 30.1 Å². The van der Waals surface area contributed by atoms with E-state index in [4.69, 9.17) is 14.5 Å². The predicted octanol–water partition coefficient (Wildman–Crippen LogP) is 6.21. The first-order valence-corrected chi connectivity index (χ1v) is 12.5.